The summed E-state index contributed by atoms with van der Waals surface area (Å²) in [5, 5.41) is 1.21. The first kappa shape index (κ1) is 17.4. The summed E-state index contributed by atoms with van der Waals surface area (Å²) >= 11 is 0. The molecule has 0 aliphatic carbocycles. The molecule has 0 saturated carbocycles. The highest BCUT2D eigenvalue weighted by molar-refractivity contribution is 7.92. The van der Waals surface area contributed by atoms with Crippen LogP contribution in [0, 0.1) is 0 Å². The summed E-state index contributed by atoms with van der Waals surface area (Å²) in [5.41, 5.74) is 2.95. The molecule has 0 heterocycles. The third-order valence-electron chi connectivity index (χ3n) is 3.31. The molecule has 5 heteroatoms. The average molecular weight is 330 g/mol. The van der Waals surface area contributed by atoms with Gasteiger partial charge in [0.2, 0.25) is 10.0 Å². The zero-order chi connectivity index (χ0) is 16.7. The molecule has 0 aliphatic heterocycles. The standard InChI is InChI=1S/C18H22N2O2S/c1-20(2)15-18-11-7-6-10-17(18)14-19-23(21,22)13-12-16-8-4-3-5-9-16/h3-13,19H,14-15H2,1-2H3. The molecule has 0 radical (unpaired) electrons. The lowest BCUT2D eigenvalue weighted by molar-refractivity contribution is 0.401. The molecule has 0 aromatic heterocycles. The van der Waals surface area contributed by atoms with Crippen LogP contribution in [0.15, 0.2) is 60.0 Å². The first-order valence-corrected chi connectivity index (χ1v) is 8.95. The SMILES string of the molecule is CN(C)Cc1ccccc1CNS(=O)(=O)C=Cc1ccccc1. The Morgan fingerprint density at radius 1 is 0.957 bits per heavy atom. The molecule has 2 aromatic carbocycles. The minimum absolute atomic E-state index is 0.283. The van der Waals surface area contributed by atoms with Crippen molar-refractivity contribution in [3.8, 4) is 0 Å². The smallest absolute Gasteiger partial charge is 0.234 e. The van der Waals surface area contributed by atoms with Crippen LogP contribution in [-0.4, -0.2) is 27.4 Å². The molecule has 2 rings (SSSR count). The predicted molar refractivity (Wildman–Crippen MR) is 95.1 cm³/mol. The summed E-state index contributed by atoms with van der Waals surface area (Å²) in [6, 6.07) is 17.2. The molecule has 2 aromatic rings. The molecule has 0 unspecified atom stereocenters. The highest BCUT2D eigenvalue weighted by atomic mass is 32.2. The molecule has 0 spiro atoms. The summed E-state index contributed by atoms with van der Waals surface area (Å²) in [7, 11) is 0.512. The van der Waals surface area contributed by atoms with E-state index >= 15 is 0 Å². The van der Waals surface area contributed by atoms with Crippen molar-refractivity contribution in [2.24, 2.45) is 0 Å². The predicted octanol–water partition coefficient (Wildman–Crippen LogP) is 2.84. The maximum absolute atomic E-state index is 12.1. The Balaban J connectivity index is 2.04. The monoisotopic (exact) mass is 330 g/mol. The highest BCUT2D eigenvalue weighted by Crippen LogP contribution is 2.11. The van der Waals surface area contributed by atoms with Gasteiger partial charge in [0.1, 0.15) is 0 Å². The van der Waals surface area contributed by atoms with E-state index in [4.69, 9.17) is 0 Å². The molecular weight excluding hydrogens is 308 g/mol. The third-order valence-corrected chi connectivity index (χ3v) is 4.35. The minimum atomic E-state index is -3.47. The van der Waals surface area contributed by atoms with Crippen LogP contribution in [-0.2, 0) is 23.1 Å². The van der Waals surface area contributed by atoms with Crippen LogP contribution >= 0.6 is 0 Å². The van der Waals surface area contributed by atoms with Gasteiger partial charge in [-0.15, -0.1) is 0 Å². The van der Waals surface area contributed by atoms with E-state index in [2.05, 4.69) is 9.62 Å². The summed E-state index contributed by atoms with van der Waals surface area (Å²) in [6.45, 7) is 1.06. The van der Waals surface area contributed by atoms with Crippen LogP contribution in [0.4, 0.5) is 0 Å². The Morgan fingerprint density at radius 2 is 1.57 bits per heavy atom. The molecule has 122 valence electrons. The van der Waals surface area contributed by atoms with Gasteiger partial charge in [0, 0.05) is 18.5 Å². The lowest BCUT2D eigenvalue weighted by Gasteiger charge is -2.14. The fourth-order valence-electron chi connectivity index (χ4n) is 2.18. The summed E-state index contributed by atoms with van der Waals surface area (Å²) in [6.07, 6.45) is 1.59. The van der Waals surface area contributed by atoms with Gasteiger partial charge in [0.25, 0.3) is 0 Å². The maximum Gasteiger partial charge on any atom is 0.234 e. The van der Waals surface area contributed by atoms with Crippen molar-refractivity contribution in [1.29, 1.82) is 0 Å². The van der Waals surface area contributed by atoms with Gasteiger partial charge in [-0.05, 0) is 36.9 Å². The van der Waals surface area contributed by atoms with Crippen LogP contribution < -0.4 is 4.72 Å². The minimum Gasteiger partial charge on any atom is -0.305 e. The number of nitrogens with zero attached hydrogens (tertiary/aromatic N) is 1. The molecule has 23 heavy (non-hydrogen) atoms. The fourth-order valence-corrected chi connectivity index (χ4v) is 2.97. The molecule has 0 amide bonds. The lowest BCUT2D eigenvalue weighted by atomic mass is 10.1. The summed E-state index contributed by atoms with van der Waals surface area (Å²) < 4.78 is 26.8. The van der Waals surface area contributed by atoms with Gasteiger partial charge >= 0.3 is 0 Å². The van der Waals surface area contributed by atoms with Crippen molar-refractivity contribution in [2.45, 2.75) is 13.1 Å². The number of hydrogen-bond acceptors (Lipinski definition) is 3. The van der Waals surface area contributed by atoms with Crippen molar-refractivity contribution < 1.29 is 8.42 Å². The fraction of sp³-hybridized carbons (Fsp3) is 0.222. The normalized spacial score (nSPS) is 12.1. The number of benzene rings is 2. The van der Waals surface area contributed by atoms with E-state index in [1.807, 2.05) is 68.7 Å². The van der Waals surface area contributed by atoms with Crippen molar-refractivity contribution in [2.75, 3.05) is 14.1 Å². The van der Waals surface area contributed by atoms with E-state index in [0.29, 0.717) is 0 Å². The first-order chi connectivity index (χ1) is 11.0. The van der Waals surface area contributed by atoms with Gasteiger partial charge in [-0.25, -0.2) is 13.1 Å². The van der Waals surface area contributed by atoms with Crippen LogP contribution in [0.5, 0.6) is 0 Å². The molecule has 1 N–H and O–H groups in total. The molecular formula is C18H22N2O2S. The Hall–Kier alpha value is -1.95. The van der Waals surface area contributed by atoms with E-state index in [0.717, 1.165) is 23.2 Å². The summed E-state index contributed by atoms with van der Waals surface area (Å²) in [4.78, 5) is 2.06. The summed E-state index contributed by atoms with van der Waals surface area (Å²) in [5.74, 6) is 0. The number of rotatable bonds is 7. The maximum atomic E-state index is 12.1. The molecule has 0 aliphatic rings. The Kier molecular flexibility index (Phi) is 6.10. The quantitative estimate of drug-likeness (QED) is 0.849. The number of nitrogens with one attached hydrogen (secondary N) is 1. The van der Waals surface area contributed by atoms with E-state index < -0.39 is 10.0 Å². The number of hydrogen-bond donors (Lipinski definition) is 1. The lowest BCUT2D eigenvalue weighted by Crippen LogP contribution is -2.22. The van der Waals surface area contributed by atoms with Crippen molar-refractivity contribution in [3.05, 3.63) is 76.7 Å². The van der Waals surface area contributed by atoms with Crippen LogP contribution in [0.25, 0.3) is 6.08 Å². The second-order valence-corrected chi connectivity index (χ2v) is 7.24. The van der Waals surface area contributed by atoms with E-state index in [1.54, 1.807) is 6.08 Å². The molecule has 0 bridgehead atoms. The molecule has 0 fully saturated rings. The van der Waals surface area contributed by atoms with Gasteiger partial charge in [-0.1, -0.05) is 54.6 Å². The first-order valence-electron chi connectivity index (χ1n) is 7.40. The van der Waals surface area contributed by atoms with E-state index in [-0.39, 0.29) is 6.54 Å². The second kappa shape index (κ2) is 8.06. The molecule has 0 atom stereocenters. The third kappa shape index (κ3) is 5.98. The number of sulfonamides is 1. The van der Waals surface area contributed by atoms with Crippen molar-refractivity contribution in [1.82, 2.24) is 9.62 Å². The van der Waals surface area contributed by atoms with Crippen LogP contribution in [0.1, 0.15) is 16.7 Å². The Bertz CT molecular complexity index is 754. The molecule has 4 nitrogen and oxygen atoms in total. The van der Waals surface area contributed by atoms with Crippen molar-refractivity contribution >= 4 is 16.1 Å². The van der Waals surface area contributed by atoms with Gasteiger partial charge in [0.15, 0.2) is 0 Å². The van der Waals surface area contributed by atoms with Gasteiger partial charge < -0.3 is 4.90 Å². The van der Waals surface area contributed by atoms with Crippen LogP contribution in [0.2, 0.25) is 0 Å². The Morgan fingerprint density at radius 3 is 2.22 bits per heavy atom. The Labute approximate surface area is 138 Å². The largest absolute Gasteiger partial charge is 0.305 e. The highest BCUT2D eigenvalue weighted by Gasteiger charge is 2.08. The van der Waals surface area contributed by atoms with Gasteiger partial charge in [0.05, 0.1) is 0 Å². The second-order valence-electron chi connectivity index (χ2n) is 5.59. The zero-order valence-corrected chi connectivity index (χ0v) is 14.3. The van der Waals surface area contributed by atoms with Crippen molar-refractivity contribution in [3.63, 3.8) is 0 Å². The van der Waals surface area contributed by atoms with Crippen LogP contribution in [0.3, 0.4) is 0 Å². The van der Waals surface area contributed by atoms with Gasteiger partial charge in [-0.2, -0.15) is 0 Å². The van der Waals surface area contributed by atoms with E-state index in [9.17, 15) is 8.42 Å². The average Bonchev–Trinajstić information content (AvgIpc) is 2.53. The zero-order valence-electron chi connectivity index (χ0n) is 13.4. The van der Waals surface area contributed by atoms with E-state index in [1.165, 1.54) is 5.41 Å². The topological polar surface area (TPSA) is 49.4 Å². The van der Waals surface area contributed by atoms with Gasteiger partial charge in [-0.3, -0.25) is 0 Å². The molecule has 0 saturated heterocycles.